The largest absolute Gasteiger partial charge is 0.359 e. The van der Waals surface area contributed by atoms with Gasteiger partial charge in [-0.05, 0) is 62.4 Å². The van der Waals surface area contributed by atoms with E-state index in [1.54, 1.807) is 13.8 Å². The molecule has 1 aromatic heterocycles. The number of halogens is 1. The van der Waals surface area contributed by atoms with Gasteiger partial charge in [0.05, 0.1) is 10.6 Å². The number of primary sulfonamides is 1. The topological polar surface area (TPSA) is 127 Å². The molecule has 8 nitrogen and oxygen atoms in total. The fraction of sp³-hybridized carbons (Fsp3) is 0.100. The molecule has 4 N–H and O–H groups in total. The number of aryl methyl sites for hydroxylation is 1. The molecule has 2 aromatic carbocycles. The summed E-state index contributed by atoms with van der Waals surface area (Å²) in [5, 5.41) is 10.8. The van der Waals surface area contributed by atoms with Crippen LogP contribution < -0.4 is 16.0 Å². The number of allylic oxidation sites excluding steroid dienone is 2. The Hall–Kier alpha value is -3.50. The van der Waals surface area contributed by atoms with E-state index in [1.807, 2.05) is 0 Å². The van der Waals surface area contributed by atoms with Crippen LogP contribution in [-0.2, 0) is 10.0 Å². The zero-order chi connectivity index (χ0) is 22.1. The molecule has 1 heterocycles. The number of aromatic amines is 1. The van der Waals surface area contributed by atoms with Crippen LogP contribution >= 0.6 is 0 Å². The molecule has 0 radical (unpaired) electrons. The van der Waals surface area contributed by atoms with E-state index in [-0.39, 0.29) is 16.3 Å². The van der Waals surface area contributed by atoms with Crippen LogP contribution in [-0.4, -0.2) is 24.0 Å². The standard InChI is InChI=1S/C20H19FN4O4S/c1-12(23-15-5-3-14(21)4-6-15)11-18(26)19-13(2)24-25(20(19)27)16-7-9-17(10-8-16)30(22,28)29/h3-11,23-24H,1-2H3,(H2,22,28,29)/b12-11-. The fourth-order valence-corrected chi connectivity index (χ4v) is 3.38. The van der Waals surface area contributed by atoms with E-state index in [9.17, 15) is 22.4 Å². The number of aromatic nitrogens is 2. The summed E-state index contributed by atoms with van der Waals surface area (Å²) < 4.78 is 36.9. The van der Waals surface area contributed by atoms with Gasteiger partial charge in [0.15, 0.2) is 5.78 Å². The minimum atomic E-state index is -3.86. The smallest absolute Gasteiger partial charge is 0.282 e. The first-order valence-electron chi connectivity index (χ1n) is 8.76. The molecule has 156 valence electrons. The zero-order valence-corrected chi connectivity index (χ0v) is 17.0. The Balaban J connectivity index is 1.88. The first kappa shape index (κ1) is 21.2. The van der Waals surface area contributed by atoms with Gasteiger partial charge in [0.1, 0.15) is 11.4 Å². The second-order valence-corrected chi connectivity index (χ2v) is 8.18. The second kappa shape index (κ2) is 8.09. The average molecular weight is 430 g/mol. The minimum absolute atomic E-state index is 0.0502. The number of nitrogens with one attached hydrogen (secondary N) is 2. The van der Waals surface area contributed by atoms with E-state index in [2.05, 4.69) is 10.4 Å². The maximum atomic E-state index is 13.0. The summed E-state index contributed by atoms with van der Waals surface area (Å²) in [6.07, 6.45) is 1.27. The van der Waals surface area contributed by atoms with Crippen LogP contribution in [0.2, 0.25) is 0 Å². The normalized spacial score (nSPS) is 12.1. The Morgan fingerprint density at radius 3 is 2.30 bits per heavy atom. The lowest BCUT2D eigenvalue weighted by atomic mass is 10.1. The molecule has 0 unspecified atom stereocenters. The van der Waals surface area contributed by atoms with E-state index < -0.39 is 21.4 Å². The number of nitrogens with zero attached hydrogens (tertiary/aromatic N) is 1. The molecule has 0 bridgehead atoms. The predicted octanol–water partition coefficient (Wildman–Crippen LogP) is 2.46. The Morgan fingerprint density at radius 1 is 1.13 bits per heavy atom. The number of carbonyl (C=O) groups excluding carboxylic acids is 1. The number of sulfonamides is 1. The Morgan fingerprint density at radius 2 is 1.73 bits per heavy atom. The number of benzene rings is 2. The molecule has 0 aliphatic rings. The third kappa shape index (κ3) is 4.56. The van der Waals surface area contributed by atoms with Crippen LogP contribution in [0, 0.1) is 12.7 Å². The van der Waals surface area contributed by atoms with Gasteiger partial charge in [0, 0.05) is 23.2 Å². The van der Waals surface area contributed by atoms with Crippen LogP contribution in [0.3, 0.4) is 0 Å². The van der Waals surface area contributed by atoms with Crippen molar-refractivity contribution in [2.75, 3.05) is 5.32 Å². The summed E-state index contributed by atoms with van der Waals surface area (Å²) >= 11 is 0. The summed E-state index contributed by atoms with van der Waals surface area (Å²) in [5.41, 5.74) is 1.13. The average Bonchev–Trinajstić information content (AvgIpc) is 2.97. The van der Waals surface area contributed by atoms with Gasteiger partial charge in [-0.3, -0.25) is 14.7 Å². The summed E-state index contributed by atoms with van der Waals surface area (Å²) in [6.45, 7) is 3.23. The lowest BCUT2D eigenvalue weighted by molar-refractivity contribution is 0.104. The van der Waals surface area contributed by atoms with Crippen LogP contribution in [0.4, 0.5) is 10.1 Å². The molecule has 3 rings (SSSR count). The van der Waals surface area contributed by atoms with E-state index in [0.29, 0.717) is 22.8 Å². The van der Waals surface area contributed by atoms with Crippen LogP contribution in [0.1, 0.15) is 23.0 Å². The summed E-state index contributed by atoms with van der Waals surface area (Å²) in [4.78, 5) is 25.3. The number of anilines is 1. The third-order valence-corrected chi connectivity index (χ3v) is 5.20. The number of rotatable bonds is 6. The molecule has 0 fully saturated rings. The first-order chi connectivity index (χ1) is 14.1. The van der Waals surface area contributed by atoms with Crippen molar-refractivity contribution in [2.24, 2.45) is 5.14 Å². The van der Waals surface area contributed by atoms with Crippen molar-refractivity contribution in [3.63, 3.8) is 0 Å². The lowest BCUT2D eigenvalue weighted by Gasteiger charge is -2.05. The van der Waals surface area contributed by atoms with Gasteiger partial charge in [-0.15, -0.1) is 0 Å². The van der Waals surface area contributed by atoms with E-state index >= 15 is 0 Å². The molecule has 3 aromatic rings. The van der Waals surface area contributed by atoms with E-state index in [1.165, 1.54) is 54.6 Å². The number of hydrogen-bond acceptors (Lipinski definition) is 5. The van der Waals surface area contributed by atoms with Crippen LogP contribution in [0.15, 0.2) is 70.0 Å². The number of nitrogens with two attached hydrogens (primary N) is 1. The van der Waals surface area contributed by atoms with Crippen molar-refractivity contribution < 1.29 is 17.6 Å². The van der Waals surface area contributed by atoms with Crippen LogP contribution in [0.25, 0.3) is 5.69 Å². The first-order valence-corrected chi connectivity index (χ1v) is 10.3. The number of hydrogen-bond donors (Lipinski definition) is 3. The van der Waals surface area contributed by atoms with E-state index in [0.717, 1.165) is 4.68 Å². The quantitative estimate of drug-likeness (QED) is 0.409. The zero-order valence-electron chi connectivity index (χ0n) is 16.1. The van der Waals surface area contributed by atoms with Gasteiger partial charge in [-0.25, -0.2) is 22.6 Å². The molecule has 30 heavy (non-hydrogen) atoms. The molecule has 0 saturated heterocycles. The second-order valence-electron chi connectivity index (χ2n) is 6.61. The molecule has 10 heteroatoms. The Labute approximate surface area is 171 Å². The Kier molecular flexibility index (Phi) is 5.72. The van der Waals surface area contributed by atoms with Crippen molar-refractivity contribution in [3.8, 4) is 5.69 Å². The van der Waals surface area contributed by atoms with Crippen molar-refractivity contribution in [3.05, 3.63) is 87.7 Å². The van der Waals surface area contributed by atoms with Crippen molar-refractivity contribution in [2.45, 2.75) is 18.7 Å². The summed E-state index contributed by atoms with van der Waals surface area (Å²) in [6, 6.07) is 11.0. The molecule has 0 amide bonds. The predicted molar refractivity (Wildman–Crippen MR) is 111 cm³/mol. The maximum Gasteiger partial charge on any atom is 0.282 e. The minimum Gasteiger partial charge on any atom is -0.359 e. The monoisotopic (exact) mass is 430 g/mol. The van der Waals surface area contributed by atoms with Gasteiger partial charge in [0.2, 0.25) is 10.0 Å². The molecule has 0 spiro atoms. The third-order valence-electron chi connectivity index (χ3n) is 4.27. The lowest BCUT2D eigenvalue weighted by Crippen LogP contribution is -2.20. The number of H-pyrrole nitrogens is 1. The molecule has 0 aliphatic carbocycles. The fourth-order valence-electron chi connectivity index (χ4n) is 2.87. The van der Waals surface area contributed by atoms with Crippen molar-refractivity contribution in [1.29, 1.82) is 0 Å². The summed E-state index contributed by atoms with van der Waals surface area (Å²) in [5.74, 6) is -0.889. The SMILES string of the molecule is C/C(=C/C(=O)c1c(C)[nH]n(-c2ccc(S(N)(=O)=O)cc2)c1=O)Nc1ccc(F)cc1. The van der Waals surface area contributed by atoms with Gasteiger partial charge < -0.3 is 5.32 Å². The highest BCUT2D eigenvalue weighted by molar-refractivity contribution is 7.89. The molecular weight excluding hydrogens is 411 g/mol. The number of ketones is 1. The van der Waals surface area contributed by atoms with E-state index in [4.69, 9.17) is 5.14 Å². The highest BCUT2D eigenvalue weighted by atomic mass is 32.2. The van der Waals surface area contributed by atoms with Gasteiger partial charge in [0.25, 0.3) is 5.56 Å². The van der Waals surface area contributed by atoms with Gasteiger partial charge >= 0.3 is 0 Å². The van der Waals surface area contributed by atoms with Crippen molar-refractivity contribution in [1.82, 2.24) is 9.78 Å². The van der Waals surface area contributed by atoms with Crippen molar-refractivity contribution >= 4 is 21.5 Å². The van der Waals surface area contributed by atoms with Gasteiger partial charge in [-0.2, -0.15) is 0 Å². The molecular formula is C20H19FN4O4S. The Bertz CT molecular complexity index is 1290. The highest BCUT2D eigenvalue weighted by Crippen LogP contribution is 2.14. The summed E-state index contributed by atoms with van der Waals surface area (Å²) in [7, 11) is -3.86. The van der Waals surface area contributed by atoms with Crippen LogP contribution in [0.5, 0.6) is 0 Å². The number of carbonyl (C=O) groups is 1. The molecule has 0 atom stereocenters. The maximum absolute atomic E-state index is 13.0. The van der Waals surface area contributed by atoms with Gasteiger partial charge in [-0.1, -0.05) is 0 Å². The molecule has 0 saturated carbocycles. The highest BCUT2D eigenvalue weighted by Gasteiger charge is 2.18. The molecule has 0 aliphatic heterocycles.